The molecule has 1 saturated carbocycles. The highest BCUT2D eigenvalue weighted by molar-refractivity contribution is 7.80. The van der Waals surface area contributed by atoms with Gasteiger partial charge in [-0.05, 0) is 37.0 Å². The van der Waals surface area contributed by atoms with Crippen molar-refractivity contribution in [2.24, 2.45) is 11.8 Å². The summed E-state index contributed by atoms with van der Waals surface area (Å²) in [4.78, 5) is 2.63. The van der Waals surface area contributed by atoms with Gasteiger partial charge in [0.05, 0.1) is 0 Å². The molecule has 0 spiro atoms. The molecule has 13 heavy (non-hydrogen) atoms. The zero-order valence-corrected chi connectivity index (χ0v) is 10.1. The van der Waals surface area contributed by atoms with Crippen LogP contribution in [-0.2, 0) is 0 Å². The third kappa shape index (κ3) is 3.51. The largest absolute Gasteiger partial charge is 0.300 e. The lowest BCUT2D eigenvalue weighted by atomic mass is 9.97. The summed E-state index contributed by atoms with van der Waals surface area (Å²) in [5, 5.41) is 0. The predicted octanol–water partition coefficient (Wildman–Crippen LogP) is 2.67. The smallest absolute Gasteiger partial charge is 0.00964 e. The zero-order chi connectivity index (χ0) is 9.84. The van der Waals surface area contributed by atoms with E-state index in [4.69, 9.17) is 0 Å². The van der Waals surface area contributed by atoms with Gasteiger partial charge in [0, 0.05) is 12.6 Å². The molecule has 1 rings (SSSR count). The standard InChI is InChI=1S/C11H23NS/c1-4-12(11-5-6-11)7-10(8-13)9(2)3/h9-11,13H,4-8H2,1-3H3. The van der Waals surface area contributed by atoms with Crippen molar-refractivity contribution in [3.63, 3.8) is 0 Å². The molecule has 0 amide bonds. The summed E-state index contributed by atoms with van der Waals surface area (Å²) in [6.07, 6.45) is 2.84. The molecule has 1 aliphatic rings. The average molecular weight is 201 g/mol. The quantitative estimate of drug-likeness (QED) is 0.647. The van der Waals surface area contributed by atoms with Crippen molar-refractivity contribution in [3.8, 4) is 0 Å². The second-order valence-electron chi connectivity index (χ2n) is 4.51. The van der Waals surface area contributed by atoms with Crippen LogP contribution in [0.5, 0.6) is 0 Å². The van der Waals surface area contributed by atoms with Gasteiger partial charge in [-0.15, -0.1) is 0 Å². The molecule has 0 aliphatic heterocycles. The minimum Gasteiger partial charge on any atom is -0.300 e. The number of hydrogen-bond donors (Lipinski definition) is 1. The fourth-order valence-corrected chi connectivity index (χ4v) is 2.29. The summed E-state index contributed by atoms with van der Waals surface area (Å²) in [7, 11) is 0. The van der Waals surface area contributed by atoms with Crippen LogP contribution < -0.4 is 0 Å². The molecule has 1 nitrogen and oxygen atoms in total. The van der Waals surface area contributed by atoms with Crippen molar-refractivity contribution < 1.29 is 0 Å². The van der Waals surface area contributed by atoms with Crippen molar-refractivity contribution in [1.82, 2.24) is 4.90 Å². The molecule has 0 aromatic rings. The van der Waals surface area contributed by atoms with Crippen LogP contribution in [0, 0.1) is 11.8 Å². The number of thiol groups is 1. The van der Waals surface area contributed by atoms with E-state index < -0.39 is 0 Å². The highest BCUT2D eigenvalue weighted by Gasteiger charge is 2.29. The molecule has 0 aromatic heterocycles. The van der Waals surface area contributed by atoms with Crippen LogP contribution >= 0.6 is 12.6 Å². The van der Waals surface area contributed by atoms with E-state index in [0.29, 0.717) is 0 Å². The van der Waals surface area contributed by atoms with Crippen molar-refractivity contribution in [2.75, 3.05) is 18.8 Å². The molecule has 0 radical (unpaired) electrons. The first-order chi connectivity index (χ1) is 6.19. The lowest BCUT2D eigenvalue weighted by Gasteiger charge is -2.27. The van der Waals surface area contributed by atoms with Crippen molar-refractivity contribution >= 4 is 12.6 Å². The summed E-state index contributed by atoms with van der Waals surface area (Å²) in [5.41, 5.74) is 0. The third-order valence-electron chi connectivity index (χ3n) is 3.12. The van der Waals surface area contributed by atoms with Crippen LogP contribution in [0.15, 0.2) is 0 Å². The van der Waals surface area contributed by atoms with Gasteiger partial charge in [0.25, 0.3) is 0 Å². The highest BCUT2D eigenvalue weighted by atomic mass is 32.1. The summed E-state index contributed by atoms with van der Waals surface area (Å²) in [6, 6.07) is 0.908. The van der Waals surface area contributed by atoms with Gasteiger partial charge in [0.15, 0.2) is 0 Å². The Morgan fingerprint density at radius 2 is 2.00 bits per heavy atom. The molecule has 78 valence electrons. The predicted molar refractivity (Wildman–Crippen MR) is 62.5 cm³/mol. The second-order valence-corrected chi connectivity index (χ2v) is 4.87. The fourth-order valence-electron chi connectivity index (χ4n) is 1.76. The second kappa shape index (κ2) is 5.26. The van der Waals surface area contributed by atoms with Crippen LogP contribution in [0.3, 0.4) is 0 Å². The SMILES string of the molecule is CCN(CC(CS)C(C)C)C1CC1. The molecular formula is C11H23NS. The Kier molecular flexibility index (Phi) is 4.60. The Labute approximate surface area is 88.3 Å². The highest BCUT2D eigenvalue weighted by Crippen LogP contribution is 2.28. The average Bonchev–Trinajstić information content (AvgIpc) is 2.89. The first kappa shape index (κ1) is 11.4. The van der Waals surface area contributed by atoms with Gasteiger partial charge < -0.3 is 4.90 Å². The molecule has 0 N–H and O–H groups in total. The lowest BCUT2D eigenvalue weighted by Crippen LogP contribution is -2.34. The molecule has 1 unspecified atom stereocenters. The van der Waals surface area contributed by atoms with Gasteiger partial charge in [0.1, 0.15) is 0 Å². The van der Waals surface area contributed by atoms with Gasteiger partial charge in [-0.2, -0.15) is 12.6 Å². The molecule has 1 fully saturated rings. The Bertz CT molecular complexity index is 135. The van der Waals surface area contributed by atoms with Crippen LogP contribution in [0.1, 0.15) is 33.6 Å². The Morgan fingerprint density at radius 1 is 1.38 bits per heavy atom. The summed E-state index contributed by atoms with van der Waals surface area (Å²) >= 11 is 4.43. The molecule has 0 saturated heterocycles. The molecule has 0 aromatic carbocycles. The monoisotopic (exact) mass is 201 g/mol. The minimum absolute atomic E-state index is 0.767. The zero-order valence-electron chi connectivity index (χ0n) is 9.16. The van der Waals surface area contributed by atoms with Gasteiger partial charge in [-0.1, -0.05) is 20.8 Å². The van der Waals surface area contributed by atoms with E-state index in [1.807, 2.05) is 0 Å². The summed E-state index contributed by atoms with van der Waals surface area (Å²) in [5.74, 6) is 2.56. The summed E-state index contributed by atoms with van der Waals surface area (Å²) < 4.78 is 0. The molecule has 0 bridgehead atoms. The molecule has 2 heteroatoms. The van der Waals surface area contributed by atoms with Crippen molar-refractivity contribution in [1.29, 1.82) is 0 Å². The van der Waals surface area contributed by atoms with Gasteiger partial charge >= 0.3 is 0 Å². The maximum absolute atomic E-state index is 4.43. The maximum atomic E-state index is 4.43. The normalized spacial score (nSPS) is 19.8. The fraction of sp³-hybridized carbons (Fsp3) is 1.00. The molecule has 1 atom stereocenters. The Balaban J connectivity index is 2.33. The first-order valence-electron chi connectivity index (χ1n) is 5.54. The third-order valence-corrected chi connectivity index (χ3v) is 3.58. The van der Waals surface area contributed by atoms with Crippen LogP contribution in [0.25, 0.3) is 0 Å². The van der Waals surface area contributed by atoms with E-state index in [1.165, 1.54) is 25.9 Å². The summed E-state index contributed by atoms with van der Waals surface area (Å²) in [6.45, 7) is 9.35. The van der Waals surface area contributed by atoms with Crippen LogP contribution in [-0.4, -0.2) is 29.8 Å². The molecule has 0 heterocycles. The van der Waals surface area contributed by atoms with Crippen LogP contribution in [0.2, 0.25) is 0 Å². The van der Waals surface area contributed by atoms with Crippen molar-refractivity contribution in [3.05, 3.63) is 0 Å². The first-order valence-corrected chi connectivity index (χ1v) is 6.17. The topological polar surface area (TPSA) is 3.24 Å². The Morgan fingerprint density at radius 3 is 2.31 bits per heavy atom. The van der Waals surface area contributed by atoms with E-state index in [-0.39, 0.29) is 0 Å². The van der Waals surface area contributed by atoms with Gasteiger partial charge in [0.2, 0.25) is 0 Å². The number of hydrogen-bond acceptors (Lipinski definition) is 2. The van der Waals surface area contributed by atoms with Gasteiger partial charge in [-0.25, -0.2) is 0 Å². The van der Waals surface area contributed by atoms with E-state index in [2.05, 4.69) is 38.3 Å². The number of nitrogens with zero attached hydrogens (tertiary/aromatic N) is 1. The minimum atomic E-state index is 0.767. The Hall–Kier alpha value is 0.310. The number of rotatable bonds is 6. The van der Waals surface area contributed by atoms with Crippen LogP contribution in [0.4, 0.5) is 0 Å². The van der Waals surface area contributed by atoms with E-state index in [9.17, 15) is 0 Å². The molecule has 1 aliphatic carbocycles. The van der Waals surface area contributed by atoms with E-state index in [0.717, 1.165) is 23.6 Å². The van der Waals surface area contributed by atoms with Gasteiger partial charge in [-0.3, -0.25) is 0 Å². The lowest BCUT2D eigenvalue weighted by molar-refractivity contribution is 0.215. The molecular weight excluding hydrogens is 178 g/mol. The van der Waals surface area contributed by atoms with E-state index >= 15 is 0 Å². The maximum Gasteiger partial charge on any atom is 0.00964 e. The van der Waals surface area contributed by atoms with E-state index in [1.54, 1.807) is 0 Å². The van der Waals surface area contributed by atoms with Crippen molar-refractivity contribution in [2.45, 2.75) is 39.7 Å².